The number of aliphatic hydroxyl groups excluding tert-OH is 2. The summed E-state index contributed by atoms with van der Waals surface area (Å²) in [5.41, 5.74) is 4.51. The van der Waals surface area contributed by atoms with Crippen LogP contribution in [0.3, 0.4) is 0 Å². The van der Waals surface area contributed by atoms with Gasteiger partial charge in [0, 0.05) is 37.3 Å². The maximum absolute atomic E-state index is 13.6. The van der Waals surface area contributed by atoms with Crippen molar-refractivity contribution in [2.75, 3.05) is 18.4 Å². The number of ketones is 1. The van der Waals surface area contributed by atoms with Gasteiger partial charge in [-0.05, 0) is 54.2 Å². The minimum absolute atomic E-state index is 0.0168. The second-order valence-electron chi connectivity index (χ2n) is 9.99. The summed E-state index contributed by atoms with van der Waals surface area (Å²) in [6.07, 6.45) is 0.427. The van der Waals surface area contributed by atoms with E-state index in [1.807, 2.05) is 80.0 Å². The van der Waals surface area contributed by atoms with Gasteiger partial charge >= 0.3 is 0 Å². The Bertz CT molecular complexity index is 1450. The maximum atomic E-state index is 13.6. The fourth-order valence-corrected chi connectivity index (χ4v) is 5.97. The molecule has 1 amide bonds. The van der Waals surface area contributed by atoms with Crippen LogP contribution in [-0.4, -0.2) is 66.9 Å². The van der Waals surface area contributed by atoms with Crippen molar-refractivity contribution < 1.29 is 19.8 Å². The number of carbonyl (C=O) groups excluding carboxylic acids is 2. The van der Waals surface area contributed by atoms with E-state index in [0.717, 1.165) is 34.1 Å². The van der Waals surface area contributed by atoms with Crippen molar-refractivity contribution in [1.82, 2.24) is 19.7 Å². The SMILES string of the molecule is CCNc1nc([C@H]2c3ccccc3CCN2C(=O)[C@H](O)[C@@H](O)C(=O)C[C@H](C)c2ccc(-n3cccn3)cc2)cs1. The van der Waals surface area contributed by atoms with Gasteiger partial charge in [0.25, 0.3) is 5.91 Å². The predicted molar refractivity (Wildman–Crippen MR) is 154 cm³/mol. The molecule has 5 rings (SSSR count). The highest BCUT2D eigenvalue weighted by atomic mass is 32.1. The molecule has 0 saturated heterocycles. The van der Waals surface area contributed by atoms with Crippen molar-refractivity contribution in [2.45, 2.75) is 50.9 Å². The van der Waals surface area contributed by atoms with Gasteiger partial charge in [-0.25, -0.2) is 9.67 Å². The molecule has 0 fully saturated rings. The number of anilines is 1. The van der Waals surface area contributed by atoms with Crippen LogP contribution in [0.4, 0.5) is 5.13 Å². The zero-order valence-electron chi connectivity index (χ0n) is 22.5. The van der Waals surface area contributed by atoms with E-state index in [1.165, 1.54) is 16.2 Å². The van der Waals surface area contributed by atoms with Gasteiger partial charge in [0.15, 0.2) is 17.0 Å². The largest absolute Gasteiger partial charge is 0.382 e. The Hall–Kier alpha value is -3.86. The Labute approximate surface area is 237 Å². The first-order chi connectivity index (χ1) is 19.4. The summed E-state index contributed by atoms with van der Waals surface area (Å²) < 4.78 is 1.74. The fourth-order valence-electron chi connectivity index (χ4n) is 5.17. The van der Waals surface area contributed by atoms with E-state index in [2.05, 4.69) is 15.4 Å². The van der Waals surface area contributed by atoms with Crippen LogP contribution in [0.15, 0.2) is 72.4 Å². The predicted octanol–water partition coefficient (Wildman–Crippen LogP) is 3.72. The van der Waals surface area contributed by atoms with Crippen molar-refractivity contribution in [3.05, 3.63) is 94.8 Å². The number of benzene rings is 2. The van der Waals surface area contributed by atoms with Gasteiger partial charge in [0.05, 0.1) is 11.4 Å². The van der Waals surface area contributed by atoms with Gasteiger partial charge in [-0.15, -0.1) is 11.3 Å². The Morgan fingerprint density at radius 3 is 2.60 bits per heavy atom. The van der Waals surface area contributed by atoms with Gasteiger partial charge < -0.3 is 20.4 Å². The van der Waals surface area contributed by atoms with E-state index >= 15 is 0 Å². The van der Waals surface area contributed by atoms with Crippen LogP contribution in [0, 0.1) is 0 Å². The van der Waals surface area contributed by atoms with Crippen molar-refractivity contribution >= 4 is 28.2 Å². The summed E-state index contributed by atoms with van der Waals surface area (Å²) in [5, 5.41) is 31.8. The fraction of sp³-hybridized carbons (Fsp3) is 0.333. The molecule has 1 aliphatic rings. The highest BCUT2D eigenvalue weighted by Gasteiger charge is 2.40. The molecular formula is C30H33N5O4S. The van der Waals surface area contributed by atoms with E-state index < -0.39 is 29.9 Å². The molecule has 0 aliphatic carbocycles. The number of hydrogen-bond acceptors (Lipinski definition) is 8. The highest BCUT2D eigenvalue weighted by molar-refractivity contribution is 7.13. The summed E-state index contributed by atoms with van der Waals surface area (Å²) in [6, 6.07) is 16.8. The topological polar surface area (TPSA) is 121 Å². The second-order valence-corrected chi connectivity index (χ2v) is 10.9. The number of rotatable bonds is 10. The maximum Gasteiger partial charge on any atom is 0.255 e. The van der Waals surface area contributed by atoms with Crippen LogP contribution >= 0.6 is 11.3 Å². The van der Waals surface area contributed by atoms with Crippen LogP contribution in [0.25, 0.3) is 5.69 Å². The van der Waals surface area contributed by atoms with Gasteiger partial charge in [-0.2, -0.15) is 5.10 Å². The molecule has 4 aromatic rings. The number of Topliss-reactive ketones (excluding diaryl/α,β-unsaturated/α-hetero) is 1. The average molecular weight is 560 g/mol. The van der Waals surface area contributed by atoms with Crippen LogP contribution in [0.1, 0.15) is 54.6 Å². The van der Waals surface area contributed by atoms with Crippen LogP contribution in [0.5, 0.6) is 0 Å². The Morgan fingerprint density at radius 2 is 1.88 bits per heavy atom. The summed E-state index contributed by atoms with van der Waals surface area (Å²) in [7, 11) is 0. The lowest BCUT2D eigenvalue weighted by Crippen LogP contribution is -2.51. The smallest absolute Gasteiger partial charge is 0.255 e. The lowest BCUT2D eigenvalue weighted by molar-refractivity contribution is -0.154. The Morgan fingerprint density at radius 1 is 1.10 bits per heavy atom. The monoisotopic (exact) mass is 559 g/mol. The Balaban J connectivity index is 1.29. The van der Waals surface area contributed by atoms with Gasteiger partial charge in [-0.3, -0.25) is 9.59 Å². The second kappa shape index (κ2) is 12.1. The van der Waals surface area contributed by atoms with Crippen molar-refractivity contribution in [2.24, 2.45) is 0 Å². The lowest BCUT2D eigenvalue weighted by atomic mass is 9.89. The highest BCUT2D eigenvalue weighted by Crippen LogP contribution is 2.37. The third kappa shape index (κ3) is 5.70. The molecule has 4 atom stereocenters. The van der Waals surface area contributed by atoms with Crippen molar-refractivity contribution in [1.29, 1.82) is 0 Å². The molecule has 0 bridgehead atoms. The number of amides is 1. The van der Waals surface area contributed by atoms with E-state index in [-0.39, 0.29) is 12.3 Å². The molecule has 3 heterocycles. The molecule has 2 aromatic carbocycles. The third-order valence-electron chi connectivity index (χ3n) is 7.32. The van der Waals surface area contributed by atoms with E-state index in [9.17, 15) is 19.8 Å². The summed E-state index contributed by atoms with van der Waals surface area (Å²) in [6.45, 7) is 4.92. The van der Waals surface area contributed by atoms with Crippen LogP contribution < -0.4 is 5.32 Å². The number of aliphatic hydroxyl groups is 2. The molecule has 9 nitrogen and oxygen atoms in total. The number of nitrogens with one attached hydrogen (secondary N) is 1. The minimum atomic E-state index is -1.87. The minimum Gasteiger partial charge on any atom is -0.382 e. The third-order valence-corrected chi connectivity index (χ3v) is 8.14. The molecule has 3 N–H and O–H groups in total. The first-order valence-electron chi connectivity index (χ1n) is 13.4. The molecule has 0 saturated carbocycles. The first-order valence-corrected chi connectivity index (χ1v) is 14.3. The molecule has 0 radical (unpaired) electrons. The summed E-state index contributed by atoms with van der Waals surface area (Å²) in [5.74, 6) is -1.48. The molecule has 2 aromatic heterocycles. The zero-order chi connectivity index (χ0) is 28.2. The van der Waals surface area contributed by atoms with E-state index in [4.69, 9.17) is 0 Å². The van der Waals surface area contributed by atoms with Crippen molar-refractivity contribution in [3.63, 3.8) is 0 Å². The van der Waals surface area contributed by atoms with E-state index in [1.54, 1.807) is 10.9 Å². The van der Waals surface area contributed by atoms with E-state index in [0.29, 0.717) is 18.7 Å². The lowest BCUT2D eigenvalue weighted by Gasteiger charge is -2.38. The van der Waals surface area contributed by atoms with Gasteiger partial charge in [0.2, 0.25) is 0 Å². The number of fused-ring (bicyclic) bond motifs is 1. The molecule has 0 spiro atoms. The van der Waals surface area contributed by atoms with Gasteiger partial charge in [0.1, 0.15) is 12.1 Å². The molecule has 10 heteroatoms. The van der Waals surface area contributed by atoms with Gasteiger partial charge in [-0.1, -0.05) is 43.3 Å². The number of aromatic nitrogens is 3. The first kappa shape index (κ1) is 27.7. The standard InChI is InChI=1S/C30H33N5O4S/c1-3-31-30-33-24(18-40-30)26-23-8-5-4-7-21(23)13-16-34(26)29(39)28(38)27(37)25(36)17-19(2)20-9-11-22(12-10-20)35-15-6-14-32-35/h4-12,14-15,18-19,26-28,37-38H,3,13,16-17H2,1-2H3,(H,31,33)/t19-,26+,27-,28+/m0/s1. The number of thiazole rings is 1. The quantitative estimate of drug-likeness (QED) is 0.271. The molecule has 1 aliphatic heterocycles. The average Bonchev–Trinajstić information content (AvgIpc) is 3.68. The molecular weight excluding hydrogens is 526 g/mol. The van der Waals surface area contributed by atoms with Crippen LogP contribution in [-0.2, 0) is 16.0 Å². The number of hydrogen-bond donors (Lipinski definition) is 3. The summed E-state index contributed by atoms with van der Waals surface area (Å²) in [4.78, 5) is 32.8. The molecule has 40 heavy (non-hydrogen) atoms. The number of carbonyl (C=O) groups is 2. The zero-order valence-corrected chi connectivity index (χ0v) is 23.3. The van der Waals surface area contributed by atoms with Crippen molar-refractivity contribution in [3.8, 4) is 5.69 Å². The Kier molecular flexibility index (Phi) is 8.39. The normalized spacial score (nSPS) is 17.1. The number of nitrogens with zero attached hydrogens (tertiary/aromatic N) is 4. The molecule has 0 unspecified atom stereocenters. The van der Waals surface area contributed by atoms with Crippen LogP contribution in [0.2, 0.25) is 0 Å². The molecule has 208 valence electrons. The summed E-state index contributed by atoms with van der Waals surface area (Å²) >= 11 is 1.45.